The van der Waals surface area contributed by atoms with Crippen molar-refractivity contribution in [1.82, 2.24) is 10.2 Å². The van der Waals surface area contributed by atoms with E-state index in [1.54, 1.807) is 6.92 Å². The Morgan fingerprint density at radius 2 is 2.00 bits per heavy atom. The third kappa shape index (κ3) is 2.45. The average molecular weight is 233 g/mol. The van der Waals surface area contributed by atoms with Crippen molar-refractivity contribution < 1.29 is 14.3 Å². The van der Waals surface area contributed by atoms with Gasteiger partial charge in [0.15, 0.2) is 0 Å². The minimum Gasteiger partial charge on any atom is -0.350 e. The van der Waals surface area contributed by atoms with E-state index in [0.29, 0.717) is 13.2 Å². The van der Waals surface area contributed by atoms with Gasteiger partial charge in [0, 0.05) is 6.61 Å². The number of carbonyl (C=O) groups excluding carboxylic acids is 2. The van der Waals surface area contributed by atoms with Crippen LogP contribution < -0.4 is 5.32 Å². The van der Waals surface area contributed by atoms with Crippen LogP contribution in [0.4, 0.5) is 4.79 Å². The van der Waals surface area contributed by atoms with E-state index in [9.17, 15) is 9.59 Å². The quantitative estimate of drug-likeness (QED) is 0.732. The van der Waals surface area contributed by atoms with Crippen LogP contribution in [0.3, 0.4) is 0 Å². The first-order valence-corrected chi connectivity index (χ1v) is 5.44. The fourth-order valence-corrected chi connectivity index (χ4v) is 1.70. The minimum atomic E-state index is -0.868. The van der Waals surface area contributed by atoms with E-state index in [-0.39, 0.29) is 0 Å². The molecule has 3 amide bonds. The Bertz CT molecular complexity index is 419. The van der Waals surface area contributed by atoms with Crippen molar-refractivity contribution in [2.45, 2.75) is 19.7 Å². The van der Waals surface area contributed by atoms with Crippen molar-refractivity contribution in [3.05, 3.63) is 35.9 Å². The van der Waals surface area contributed by atoms with Gasteiger partial charge in [-0.25, -0.2) is 4.79 Å². The van der Waals surface area contributed by atoms with Crippen LogP contribution in [-0.4, -0.2) is 29.7 Å². The van der Waals surface area contributed by atoms with Gasteiger partial charge >= 0.3 is 11.9 Å². The number of carbonyl (C=O) groups is 2. The SMILES string of the molecule is CCOC1C(=O)[N]C(=O)N1Cc1ccccc1. The van der Waals surface area contributed by atoms with Gasteiger partial charge < -0.3 is 4.74 Å². The predicted octanol–water partition coefficient (Wildman–Crippen LogP) is 1.12. The van der Waals surface area contributed by atoms with E-state index < -0.39 is 18.2 Å². The number of nitrogens with zero attached hydrogens (tertiary/aromatic N) is 2. The van der Waals surface area contributed by atoms with E-state index in [2.05, 4.69) is 5.32 Å². The lowest BCUT2D eigenvalue weighted by molar-refractivity contribution is -0.135. The number of ether oxygens (including phenoxy) is 1. The number of imide groups is 1. The predicted molar refractivity (Wildman–Crippen MR) is 59.9 cm³/mol. The molecule has 5 heteroatoms. The van der Waals surface area contributed by atoms with Crippen LogP contribution in [0.1, 0.15) is 12.5 Å². The second kappa shape index (κ2) is 4.97. The Labute approximate surface area is 99.4 Å². The fourth-order valence-electron chi connectivity index (χ4n) is 1.70. The maximum absolute atomic E-state index is 11.5. The van der Waals surface area contributed by atoms with E-state index >= 15 is 0 Å². The van der Waals surface area contributed by atoms with E-state index in [1.807, 2.05) is 30.3 Å². The molecule has 1 saturated heterocycles. The molecular formula is C12H13N2O3. The molecule has 0 N–H and O–H groups in total. The van der Waals surface area contributed by atoms with Crippen molar-refractivity contribution >= 4 is 11.9 Å². The van der Waals surface area contributed by atoms with Gasteiger partial charge in [0.05, 0.1) is 6.54 Å². The van der Waals surface area contributed by atoms with Crippen LogP contribution >= 0.6 is 0 Å². The highest BCUT2D eigenvalue weighted by atomic mass is 16.5. The summed E-state index contributed by atoms with van der Waals surface area (Å²) >= 11 is 0. The molecule has 1 unspecified atom stereocenters. The lowest BCUT2D eigenvalue weighted by Gasteiger charge is -2.20. The molecule has 1 heterocycles. The zero-order chi connectivity index (χ0) is 12.3. The van der Waals surface area contributed by atoms with Crippen molar-refractivity contribution in [1.29, 1.82) is 0 Å². The van der Waals surface area contributed by atoms with Crippen LogP contribution in [-0.2, 0) is 16.1 Å². The number of hydrogen-bond donors (Lipinski definition) is 0. The lowest BCUT2D eigenvalue weighted by atomic mass is 10.2. The normalized spacial score (nSPS) is 19.6. The topological polar surface area (TPSA) is 60.7 Å². The average Bonchev–Trinajstić information content (AvgIpc) is 2.58. The van der Waals surface area contributed by atoms with Crippen molar-refractivity contribution in [3.63, 3.8) is 0 Å². The molecule has 1 aliphatic heterocycles. The van der Waals surface area contributed by atoms with Crippen molar-refractivity contribution in [3.8, 4) is 0 Å². The Balaban J connectivity index is 2.12. The minimum absolute atomic E-state index is 0.333. The van der Waals surface area contributed by atoms with E-state index in [4.69, 9.17) is 4.74 Å². The van der Waals surface area contributed by atoms with Crippen LogP contribution in [0.5, 0.6) is 0 Å². The molecule has 1 aliphatic rings. The van der Waals surface area contributed by atoms with Crippen molar-refractivity contribution in [2.24, 2.45) is 0 Å². The molecule has 1 aromatic carbocycles. The molecule has 2 rings (SSSR count). The van der Waals surface area contributed by atoms with Crippen molar-refractivity contribution in [2.75, 3.05) is 6.61 Å². The molecule has 0 saturated carbocycles. The summed E-state index contributed by atoms with van der Waals surface area (Å²) in [6, 6.07) is 8.90. The largest absolute Gasteiger partial charge is 0.350 e. The summed E-state index contributed by atoms with van der Waals surface area (Å²) in [6.07, 6.45) is -0.868. The summed E-state index contributed by atoms with van der Waals surface area (Å²) in [4.78, 5) is 24.3. The first-order valence-electron chi connectivity index (χ1n) is 5.44. The lowest BCUT2D eigenvalue weighted by Crippen LogP contribution is -2.36. The second-order valence-corrected chi connectivity index (χ2v) is 3.65. The van der Waals surface area contributed by atoms with Gasteiger partial charge in [-0.2, -0.15) is 5.32 Å². The summed E-state index contributed by atoms with van der Waals surface area (Å²) in [6.45, 7) is 2.47. The Morgan fingerprint density at radius 3 is 2.65 bits per heavy atom. The number of urea groups is 1. The summed E-state index contributed by atoms with van der Waals surface area (Å²) in [7, 11) is 0. The number of rotatable bonds is 4. The molecule has 1 radical (unpaired) electrons. The molecule has 0 bridgehead atoms. The smallest absolute Gasteiger partial charge is 0.349 e. The van der Waals surface area contributed by atoms with Crippen LogP contribution in [0, 0.1) is 0 Å². The number of amides is 3. The maximum atomic E-state index is 11.5. The van der Waals surface area contributed by atoms with Gasteiger partial charge in [-0.15, -0.1) is 0 Å². The monoisotopic (exact) mass is 233 g/mol. The zero-order valence-corrected chi connectivity index (χ0v) is 9.50. The van der Waals surface area contributed by atoms with Crippen LogP contribution in [0.15, 0.2) is 30.3 Å². The molecule has 1 aromatic rings. The van der Waals surface area contributed by atoms with Gasteiger partial charge in [-0.3, -0.25) is 9.69 Å². The molecule has 5 nitrogen and oxygen atoms in total. The molecular weight excluding hydrogens is 220 g/mol. The Kier molecular flexibility index (Phi) is 3.39. The molecule has 17 heavy (non-hydrogen) atoms. The first-order chi connectivity index (χ1) is 8.22. The third-order valence-electron chi connectivity index (χ3n) is 2.47. The molecule has 1 fully saturated rings. The second-order valence-electron chi connectivity index (χ2n) is 3.65. The highest BCUT2D eigenvalue weighted by Gasteiger charge is 2.40. The zero-order valence-electron chi connectivity index (χ0n) is 9.50. The van der Waals surface area contributed by atoms with Gasteiger partial charge in [0.1, 0.15) is 0 Å². The third-order valence-corrected chi connectivity index (χ3v) is 2.47. The first kappa shape index (κ1) is 11.6. The van der Waals surface area contributed by atoms with Gasteiger partial charge in [-0.1, -0.05) is 30.3 Å². The summed E-state index contributed by atoms with van der Waals surface area (Å²) in [5.74, 6) is -0.521. The standard InChI is InChI=1S/C12H13N2O3/c1-2-17-11-10(15)13-12(16)14(11)8-9-6-4-3-5-7-9/h3-7,11H,2,8H2,1H3. The molecule has 0 aliphatic carbocycles. The summed E-state index contributed by atoms with van der Waals surface area (Å²) in [5, 5.41) is 3.39. The summed E-state index contributed by atoms with van der Waals surface area (Å²) in [5.41, 5.74) is 0.940. The van der Waals surface area contributed by atoms with E-state index in [1.165, 1.54) is 4.90 Å². The molecule has 0 aromatic heterocycles. The van der Waals surface area contributed by atoms with Gasteiger partial charge in [-0.05, 0) is 12.5 Å². The number of benzene rings is 1. The van der Waals surface area contributed by atoms with Crippen LogP contribution in [0.25, 0.3) is 0 Å². The Morgan fingerprint density at radius 1 is 1.29 bits per heavy atom. The maximum Gasteiger partial charge on any atom is 0.349 e. The molecule has 1 atom stereocenters. The van der Waals surface area contributed by atoms with Gasteiger partial charge in [0.25, 0.3) is 0 Å². The highest BCUT2D eigenvalue weighted by Crippen LogP contribution is 2.15. The molecule has 0 spiro atoms. The van der Waals surface area contributed by atoms with Gasteiger partial charge in [0.2, 0.25) is 6.23 Å². The molecule has 89 valence electrons. The number of hydrogen-bond acceptors (Lipinski definition) is 3. The highest BCUT2D eigenvalue weighted by molar-refractivity contribution is 6.02. The summed E-state index contributed by atoms with van der Waals surface area (Å²) < 4.78 is 5.23. The van der Waals surface area contributed by atoms with Crippen LogP contribution in [0.2, 0.25) is 0 Å². The fraction of sp³-hybridized carbons (Fsp3) is 0.333. The Hall–Kier alpha value is -1.88. The van der Waals surface area contributed by atoms with E-state index in [0.717, 1.165) is 5.56 Å².